The van der Waals surface area contributed by atoms with Gasteiger partial charge in [-0.25, -0.2) is 0 Å². The van der Waals surface area contributed by atoms with Crippen LogP contribution in [0.2, 0.25) is 0 Å². The van der Waals surface area contributed by atoms with Gasteiger partial charge in [0.15, 0.2) is 0 Å². The molecule has 6 heavy (non-hydrogen) atoms. The molecule has 0 saturated carbocycles. The van der Waals surface area contributed by atoms with Crippen LogP contribution in [0.3, 0.4) is 0 Å². The second kappa shape index (κ2) is 3.08. The third-order valence-corrected chi connectivity index (χ3v) is 0.794. The maximum Gasteiger partial charge on any atom is 0.144 e. The van der Waals surface area contributed by atoms with Gasteiger partial charge >= 0.3 is 0 Å². The van der Waals surface area contributed by atoms with Gasteiger partial charge in [-0.15, -0.1) is 0 Å². The van der Waals surface area contributed by atoms with E-state index < -0.39 is 0 Å². The van der Waals surface area contributed by atoms with Crippen LogP contribution in [-0.2, 0) is 4.52 Å². The van der Waals surface area contributed by atoms with Crippen molar-refractivity contribution in [2.24, 2.45) is 0 Å². The summed E-state index contributed by atoms with van der Waals surface area (Å²) in [5.41, 5.74) is 0. The molecule has 2 unspecified atom stereocenters. The lowest BCUT2D eigenvalue weighted by molar-refractivity contribution is 0.326. The van der Waals surface area contributed by atoms with Gasteiger partial charge in [0.25, 0.3) is 0 Å². The number of nitrogens with zero attached hydrogens (tertiary/aromatic N) is 1. The van der Waals surface area contributed by atoms with Crippen LogP contribution >= 0.6 is 9.47 Å². The molecule has 0 saturated heterocycles. The molecule has 0 aliphatic heterocycles. The Morgan fingerprint density at radius 3 is 2.50 bits per heavy atom. The van der Waals surface area contributed by atoms with Crippen molar-refractivity contribution >= 4 is 9.47 Å². The zero-order valence-corrected chi connectivity index (χ0v) is 4.66. The van der Waals surface area contributed by atoms with Crippen molar-refractivity contribution in [3.63, 3.8) is 0 Å². The fourth-order valence-electron chi connectivity index (χ4n) is 0.0304. The highest BCUT2D eigenvalue weighted by atomic mass is 31.0. The SMILES string of the molecule is CC(C#N)OP. The Bertz CT molecular complexity index is 67.7. The molecule has 0 aromatic rings. The molecule has 0 rings (SSSR count). The highest BCUT2D eigenvalue weighted by molar-refractivity contribution is 7.09. The Labute approximate surface area is 39.4 Å². The predicted octanol–water partition coefficient (Wildman–Crippen LogP) is 0.705. The monoisotopic (exact) mass is 103 g/mol. The molecule has 0 fully saturated rings. The molecule has 0 heterocycles. The molecule has 0 bridgehead atoms. The summed E-state index contributed by atoms with van der Waals surface area (Å²) in [5.74, 6) is 0. The number of hydrogen-bond acceptors (Lipinski definition) is 2. The van der Waals surface area contributed by atoms with Gasteiger partial charge in [-0.1, -0.05) is 0 Å². The van der Waals surface area contributed by atoms with Crippen molar-refractivity contribution in [1.29, 1.82) is 5.26 Å². The topological polar surface area (TPSA) is 33.0 Å². The second-order valence-electron chi connectivity index (χ2n) is 0.907. The van der Waals surface area contributed by atoms with E-state index in [-0.39, 0.29) is 6.10 Å². The fourth-order valence-corrected chi connectivity index (χ4v) is 0.0913. The van der Waals surface area contributed by atoms with Gasteiger partial charge < -0.3 is 4.52 Å². The van der Waals surface area contributed by atoms with E-state index in [1.54, 1.807) is 6.92 Å². The van der Waals surface area contributed by atoms with E-state index in [0.717, 1.165) is 0 Å². The van der Waals surface area contributed by atoms with Crippen LogP contribution in [0.4, 0.5) is 0 Å². The molecule has 3 heteroatoms. The van der Waals surface area contributed by atoms with Crippen molar-refractivity contribution in [1.82, 2.24) is 0 Å². The molecule has 0 spiro atoms. The number of rotatable bonds is 1. The van der Waals surface area contributed by atoms with Crippen molar-refractivity contribution in [3.05, 3.63) is 0 Å². The summed E-state index contributed by atoms with van der Waals surface area (Å²) in [6.45, 7) is 1.67. The molecular formula is C3H6NOP. The van der Waals surface area contributed by atoms with E-state index in [2.05, 4.69) is 4.52 Å². The van der Waals surface area contributed by atoms with Gasteiger partial charge in [-0.3, -0.25) is 0 Å². The standard InChI is InChI=1S/C3H6NOP/c1-3(2-4)5-6/h3H,6H2,1H3. The van der Waals surface area contributed by atoms with Gasteiger partial charge in [0.2, 0.25) is 0 Å². The molecule has 0 aliphatic rings. The van der Waals surface area contributed by atoms with Crippen LogP contribution in [-0.4, -0.2) is 6.10 Å². The summed E-state index contributed by atoms with van der Waals surface area (Å²) in [6.07, 6.45) is -0.296. The molecule has 2 nitrogen and oxygen atoms in total. The van der Waals surface area contributed by atoms with Crippen molar-refractivity contribution < 1.29 is 4.52 Å². The first-order valence-corrected chi connectivity index (χ1v) is 2.03. The van der Waals surface area contributed by atoms with Gasteiger partial charge in [0.1, 0.15) is 6.10 Å². The summed E-state index contributed by atoms with van der Waals surface area (Å²) in [4.78, 5) is 0. The summed E-state index contributed by atoms with van der Waals surface area (Å²) in [7, 11) is 2.02. The van der Waals surface area contributed by atoms with E-state index in [9.17, 15) is 0 Å². The van der Waals surface area contributed by atoms with Crippen LogP contribution < -0.4 is 0 Å². The molecule has 0 aromatic carbocycles. The zero-order chi connectivity index (χ0) is 4.99. The summed E-state index contributed by atoms with van der Waals surface area (Å²) >= 11 is 0. The Kier molecular flexibility index (Phi) is 3.02. The Balaban J connectivity index is 3.04. The van der Waals surface area contributed by atoms with E-state index in [0.29, 0.717) is 0 Å². The maximum atomic E-state index is 7.95. The summed E-state index contributed by atoms with van der Waals surface area (Å²) in [6, 6.07) is 1.87. The molecule has 0 aliphatic carbocycles. The third-order valence-electron chi connectivity index (χ3n) is 0.386. The van der Waals surface area contributed by atoms with E-state index in [1.165, 1.54) is 0 Å². The molecule has 34 valence electrons. The first-order chi connectivity index (χ1) is 2.81. The van der Waals surface area contributed by atoms with Crippen molar-refractivity contribution in [2.75, 3.05) is 0 Å². The average molecular weight is 103 g/mol. The first-order valence-electron chi connectivity index (χ1n) is 1.56. The fraction of sp³-hybridized carbons (Fsp3) is 0.667. The van der Waals surface area contributed by atoms with Gasteiger partial charge in [0, 0.05) is 9.47 Å². The second-order valence-corrected chi connectivity index (χ2v) is 1.18. The van der Waals surface area contributed by atoms with Crippen LogP contribution in [0.1, 0.15) is 6.92 Å². The number of hydrogen-bond donors (Lipinski definition) is 0. The van der Waals surface area contributed by atoms with Crippen LogP contribution in [0.15, 0.2) is 0 Å². The largest absolute Gasteiger partial charge is 0.348 e. The van der Waals surface area contributed by atoms with Crippen LogP contribution in [0.5, 0.6) is 0 Å². The van der Waals surface area contributed by atoms with E-state index in [1.807, 2.05) is 15.5 Å². The minimum Gasteiger partial charge on any atom is -0.348 e. The predicted molar refractivity (Wildman–Crippen MR) is 25.9 cm³/mol. The summed E-state index contributed by atoms with van der Waals surface area (Å²) in [5, 5.41) is 7.95. The highest BCUT2D eigenvalue weighted by Crippen LogP contribution is 1.91. The quantitative estimate of drug-likeness (QED) is 0.458. The molecule has 0 N–H and O–H groups in total. The lowest BCUT2D eigenvalue weighted by atomic mass is 10.5. The Morgan fingerprint density at radius 2 is 2.50 bits per heavy atom. The third kappa shape index (κ3) is 2.14. The Hall–Kier alpha value is -0.120. The zero-order valence-electron chi connectivity index (χ0n) is 3.51. The van der Waals surface area contributed by atoms with Gasteiger partial charge in [-0.05, 0) is 6.92 Å². The van der Waals surface area contributed by atoms with Crippen molar-refractivity contribution in [2.45, 2.75) is 13.0 Å². The first kappa shape index (κ1) is 5.88. The normalized spacial score (nSPS) is 12.8. The maximum absolute atomic E-state index is 7.95. The lowest BCUT2D eigenvalue weighted by Gasteiger charge is -1.91. The van der Waals surface area contributed by atoms with Crippen LogP contribution in [0, 0.1) is 11.3 Å². The molecule has 0 radical (unpaired) electrons. The van der Waals surface area contributed by atoms with E-state index >= 15 is 0 Å². The minimum atomic E-state index is -0.296. The lowest BCUT2D eigenvalue weighted by Crippen LogP contribution is -1.92. The van der Waals surface area contributed by atoms with Crippen molar-refractivity contribution in [3.8, 4) is 6.07 Å². The van der Waals surface area contributed by atoms with Gasteiger partial charge in [-0.2, -0.15) is 5.26 Å². The van der Waals surface area contributed by atoms with E-state index in [4.69, 9.17) is 5.26 Å². The molecule has 2 atom stereocenters. The minimum absolute atomic E-state index is 0.296. The molecule has 0 aromatic heterocycles. The smallest absolute Gasteiger partial charge is 0.144 e. The summed E-state index contributed by atoms with van der Waals surface area (Å²) < 4.78 is 4.45. The highest BCUT2D eigenvalue weighted by Gasteiger charge is 1.88. The van der Waals surface area contributed by atoms with Crippen LogP contribution in [0.25, 0.3) is 0 Å². The average Bonchev–Trinajstić information content (AvgIpc) is 1.65. The van der Waals surface area contributed by atoms with Gasteiger partial charge in [0.05, 0.1) is 6.07 Å². The molecular weight excluding hydrogens is 97.0 g/mol. The number of nitriles is 1. The molecule has 0 amide bonds. The Morgan fingerprint density at radius 1 is 2.00 bits per heavy atom.